The first-order valence-corrected chi connectivity index (χ1v) is 10.6. The van der Waals surface area contributed by atoms with E-state index in [0.717, 1.165) is 37.6 Å². The summed E-state index contributed by atoms with van der Waals surface area (Å²) < 4.78 is 11.2. The Morgan fingerprint density at radius 2 is 1.81 bits per heavy atom. The average Bonchev–Trinajstić information content (AvgIpc) is 2.84. The fourth-order valence-corrected chi connectivity index (χ4v) is 3.47. The number of carbonyl (C=O) groups excluding carboxylic acids is 1. The van der Waals surface area contributed by atoms with E-state index in [9.17, 15) is 4.79 Å². The molecule has 0 unspecified atom stereocenters. The van der Waals surface area contributed by atoms with Crippen molar-refractivity contribution in [2.75, 3.05) is 45.2 Å². The lowest BCUT2D eigenvalue weighted by Gasteiger charge is -2.33. The number of methoxy groups -OCH3 is 1. The summed E-state index contributed by atoms with van der Waals surface area (Å²) in [6.07, 6.45) is 3.34. The van der Waals surface area contributed by atoms with Gasteiger partial charge in [-0.15, -0.1) is 0 Å². The van der Waals surface area contributed by atoms with Crippen molar-refractivity contribution in [1.82, 2.24) is 20.2 Å². The molecular formula is C24H27N5O3. The number of likely N-dealkylation sites (N-methyl/N-ethyl adjacent to an activating group) is 1. The number of hydrogen-bond donors (Lipinski definition) is 1. The first-order chi connectivity index (χ1) is 15.6. The number of pyridine rings is 2. The average molecular weight is 434 g/mol. The summed E-state index contributed by atoms with van der Waals surface area (Å²) in [5.41, 5.74) is 1.35. The highest BCUT2D eigenvalue weighted by atomic mass is 16.5. The SMILES string of the molecule is COc1cccc(Oc2ncccc2CNC(=O)c2ccnc(N3CCN(C)CC3)c2)c1. The molecule has 0 radical (unpaired) electrons. The van der Waals surface area contributed by atoms with Gasteiger partial charge in [0.1, 0.15) is 17.3 Å². The number of amides is 1. The Hall–Kier alpha value is -3.65. The molecule has 1 aliphatic rings. The van der Waals surface area contributed by atoms with Crippen LogP contribution in [0.3, 0.4) is 0 Å². The van der Waals surface area contributed by atoms with Gasteiger partial charge in [-0.2, -0.15) is 0 Å². The second kappa shape index (κ2) is 10.1. The van der Waals surface area contributed by atoms with Gasteiger partial charge in [0.15, 0.2) is 0 Å². The molecule has 1 amide bonds. The topological polar surface area (TPSA) is 79.8 Å². The lowest BCUT2D eigenvalue weighted by Crippen LogP contribution is -2.44. The van der Waals surface area contributed by atoms with Crippen LogP contribution < -0.4 is 19.7 Å². The van der Waals surface area contributed by atoms with Crippen molar-refractivity contribution < 1.29 is 14.3 Å². The summed E-state index contributed by atoms with van der Waals surface area (Å²) in [5.74, 6) is 2.41. The monoisotopic (exact) mass is 433 g/mol. The number of nitrogens with one attached hydrogen (secondary N) is 1. The second-order valence-electron chi connectivity index (χ2n) is 7.62. The maximum absolute atomic E-state index is 12.8. The molecule has 1 N–H and O–H groups in total. The largest absolute Gasteiger partial charge is 0.497 e. The molecule has 32 heavy (non-hydrogen) atoms. The third kappa shape index (κ3) is 5.33. The van der Waals surface area contributed by atoms with Crippen LogP contribution in [-0.2, 0) is 6.54 Å². The van der Waals surface area contributed by atoms with Crippen molar-refractivity contribution in [3.05, 3.63) is 72.1 Å². The molecule has 166 valence electrons. The molecule has 4 rings (SSSR count). The summed E-state index contributed by atoms with van der Waals surface area (Å²) in [4.78, 5) is 26.1. The molecule has 1 aliphatic heterocycles. The first kappa shape index (κ1) is 21.6. The predicted molar refractivity (Wildman–Crippen MR) is 122 cm³/mol. The van der Waals surface area contributed by atoms with Gasteiger partial charge < -0.3 is 24.6 Å². The minimum Gasteiger partial charge on any atom is -0.497 e. The zero-order chi connectivity index (χ0) is 22.3. The van der Waals surface area contributed by atoms with E-state index >= 15 is 0 Å². The number of rotatable bonds is 7. The van der Waals surface area contributed by atoms with E-state index in [1.165, 1.54) is 0 Å². The molecule has 8 nitrogen and oxygen atoms in total. The van der Waals surface area contributed by atoms with Crippen LogP contribution in [-0.4, -0.2) is 61.1 Å². The lowest BCUT2D eigenvalue weighted by atomic mass is 10.2. The molecule has 1 fully saturated rings. The van der Waals surface area contributed by atoms with Gasteiger partial charge in [-0.05, 0) is 37.4 Å². The highest BCUT2D eigenvalue weighted by Gasteiger charge is 2.17. The quantitative estimate of drug-likeness (QED) is 0.614. The summed E-state index contributed by atoms with van der Waals surface area (Å²) in [6.45, 7) is 4.05. The number of carbonyl (C=O) groups is 1. The molecule has 0 spiro atoms. The van der Waals surface area contributed by atoms with Gasteiger partial charge in [-0.3, -0.25) is 4.79 Å². The third-order valence-corrected chi connectivity index (χ3v) is 5.38. The number of piperazine rings is 1. The van der Waals surface area contributed by atoms with E-state index in [1.807, 2.05) is 36.4 Å². The predicted octanol–water partition coefficient (Wildman–Crippen LogP) is 2.96. The second-order valence-corrected chi connectivity index (χ2v) is 7.62. The Morgan fingerprint density at radius 3 is 2.62 bits per heavy atom. The van der Waals surface area contributed by atoms with Gasteiger partial charge in [-0.25, -0.2) is 9.97 Å². The van der Waals surface area contributed by atoms with Crippen LogP contribution >= 0.6 is 0 Å². The van der Waals surface area contributed by atoms with Gasteiger partial charge in [-0.1, -0.05) is 12.1 Å². The minimum absolute atomic E-state index is 0.168. The Morgan fingerprint density at radius 1 is 1.00 bits per heavy atom. The van der Waals surface area contributed by atoms with E-state index in [4.69, 9.17) is 9.47 Å². The summed E-state index contributed by atoms with van der Waals surface area (Å²) in [5, 5.41) is 2.96. The van der Waals surface area contributed by atoms with E-state index in [1.54, 1.807) is 31.6 Å². The normalized spacial score (nSPS) is 14.1. The van der Waals surface area contributed by atoms with Crippen molar-refractivity contribution in [3.8, 4) is 17.4 Å². The van der Waals surface area contributed by atoms with Crippen LogP contribution in [0.4, 0.5) is 5.82 Å². The number of nitrogens with zero attached hydrogens (tertiary/aromatic N) is 4. The summed E-state index contributed by atoms with van der Waals surface area (Å²) in [6, 6.07) is 14.6. The standard InChI is InChI=1S/C24H27N5O3/c1-28-11-13-29(14-12-28)22-15-18(8-10-25-22)23(30)27-17-19-5-4-9-26-24(19)32-21-7-3-6-20(16-21)31-2/h3-10,15-16H,11-14,17H2,1-2H3,(H,27,30). The number of aromatic nitrogens is 2. The van der Waals surface area contributed by atoms with Crippen LogP contribution in [0.15, 0.2) is 60.9 Å². The van der Waals surface area contributed by atoms with Crippen molar-refractivity contribution in [2.45, 2.75) is 6.54 Å². The molecule has 8 heteroatoms. The summed E-state index contributed by atoms with van der Waals surface area (Å²) in [7, 11) is 3.72. The molecule has 2 aromatic heterocycles. The van der Waals surface area contributed by atoms with Crippen LogP contribution in [0.5, 0.6) is 17.4 Å². The highest BCUT2D eigenvalue weighted by molar-refractivity contribution is 5.94. The summed E-state index contributed by atoms with van der Waals surface area (Å²) >= 11 is 0. The van der Waals surface area contributed by atoms with Gasteiger partial charge in [0.2, 0.25) is 5.88 Å². The molecule has 3 aromatic rings. The lowest BCUT2D eigenvalue weighted by molar-refractivity contribution is 0.0950. The Labute approximate surface area is 187 Å². The van der Waals surface area contributed by atoms with Gasteiger partial charge in [0.05, 0.1) is 7.11 Å². The van der Waals surface area contributed by atoms with E-state index in [0.29, 0.717) is 22.9 Å². The van der Waals surface area contributed by atoms with Crippen molar-refractivity contribution in [1.29, 1.82) is 0 Å². The minimum atomic E-state index is -0.168. The van der Waals surface area contributed by atoms with Crippen LogP contribution in [0.1, 0.15) is 15.9 Å². The molecule has 1 saturated heterocycles. The first-order valence-electron chi connectivity index (χ1n) is 10.6. The molecule has 0 saturated carbocycles. The molecule has 0 bridgehead atoms. The maximum Gasteiger partial charge on any atom is 0.251 e. The van der Waals surface area contributed by atoms with Crippen molar-refractivity contribution >= 4 is 11.7 Å². The molecule has 0 aliphatic carbocycles. The number of benzene rings is 1. The van der Waals surface area contributed by atoms with Crippen molar-refractivity contribution in [3.63, 3.8) is 0 Å². The number of ether oxygens (including phenoxy) is 2. The van der Waals surface area contributed by atoms with Crippen LogP contribution in [0, 0.1) is 0 Å². The highest BCUT2D eigenvalue weighted by Crippen LogP contribution is 2.26. The van der Waals surface area contributed by atoms with Crippen LogP contribution in [0.25, 0.3) is 0 Å². The van der Waals surface area contributed by atoms with E-state index in [-0.39, 0.29) is 12.5 Å². The van der Waals surface area contributed by atoms with Gasteiger partial charge >= 0.3 is 0 Å². The Bertz CT molecular complexity index is 1070. The molecule has 3 heterocycles. The number of hydrogen-bond acceptors (Lipinski definition) is 7. The number of anilines is 1. The molecule has 1 aromatic carbocycles. The Kier molecular flexibility index (Phi) is 6.81. The zero-order valence-corrected chi connectivity index (χ0v) is 18.3. The van der Waals surface area contributed by atoms with E-state index in [2.05, 4.69) is 32.1 Å². The van der Waals surface area contributed by atoms with E-state index < -0.39 is 0 Å². The fourth-order valence-electron chi connectivity index (χ4n) is 3.47. The fraction of sp³-hybridized carbons (Fsp3) is 0.292. The third-order valence-electron chi connectivity index (χ3n) is 5.38. The zero-order valence-electron chi connectivity index (χ0n) is 18.3. The van der Waals surface area contributed by atoms with Gasteiger partial charge in [0, 0.05) is 62.3 Å². The molecule has 0 atom stereocenters. The molecular weight excluding hydrogens is 406 g/mol. The Balaban J connectivity index is 1.42. The van der Waals surface area contributed by atoms with Gasteiger partial charge in [0.25, 0.3) is 5.91 Å². The van der Waals surface area contributed by atoms with Crippen LogP contribution in [0.2, 0.25) is 0 Å². The van der Waals surface area contributed by atoms with Crippen molar-refractivity contribution in [2.24, 2.45) is 0 Å². The maximum atomic E-state index is 12.8. The smallest absolute Gasteiger partial charge is 0.251 e.